The third-order valence-corrected chi connectivity index (χ3v) is 4.63. The Bertz CT molecular complexity index is 1250. The number of anilines is 3. The van der Waals surface area contributed by atoms with Gasteiger partial charge in [0.25, 0.3) is 0 Å². The summed E-state index contributed by atoms with van der Waals surface area (Å²) in [6, 6.07) is 7.58. The molecule has 170 valence electrons. The highest BCUT2D eigenvalue weighted by atomic mass is 79.9. The van der Waals surface area contributed by atoms with Crippen LogP contribution in [0.15, 0.2) is 53.8 Å². The van der Waals surface area contributed by atoms with E-state index in [0.717, 1.165) is 6.08 Å². The number of benzene rings is 2. The molecule has 1 heterocycles. The van der Waals surface area contributed by atoms with E-state index in [4.69, 9.17) is 10.5 Å². The van der Waals surface area contributed by atoms with Crippen LogP contribution in [0.2, 0.25) is 0 Å². The van der Waals surface area contributed by atoms with E-state index in [-0.39, 0.29) is 36.2 Å². The standard InChI is InChI=1S/C21H17BrFN5O5/c1-2-18(29)27-16-8-12-15(9-17(16)32-5-6-33-21(31)19(24)30)25-10-26-20(12)28-14-4-3-11(22)7-13(14)23/h2-4,7-10H,1,5-6H2,(H2,24,30)(H,27,29)(H,25,26,28). The predicted molar refractivity (Wildman–Crippen MR) is 121 cm³/mol. The van der Waals surface area contributed by atoms with Crippen molar-refractivity contribution in [3.63, 3.8) is 0 Å². The van der Waals surface area contributed by atoms with Crippen molar-refractivity contribution in [3.8, 4) is 5.75 Å². The number of fused-ring (bicyclic) bond motifs is 1. The lowest BCUT2D eigenvalue weighted by molar-refractivity contribution is -0.153. The maximum Gasteiger partial charge on any atom is 0.396 e. The van der Waals surface area contributed by atoms with Crippen molar-refractivity contribution in [1.29, 1.82) is 0 Å². The summed E-state index contributed by atoms with van der Waals surface area (Å²) in [7, 11) is 0. The number of ether oxygens (including phenoxy) is 2. The van der Waals surface area contributed by atoms with Crippen LogP contribution in [0, 0.1) is 5.82 Å². The van der Waals surface area contributed by atoms with Crippen LogP contribution >= 0.6 is 15.9 Å². The van der Waals surface area contributed by atoms with E-state index in [0.29, 0.717) is 15.4 Å². The first-order chi connectivity index (χ1) is 15.8. The first kappa shape index (κ1) is 23.6. The summed E-state index contributed by atoms with van der Waals surface area (Å²) in [4.78, 5) is 42.1. The first-order valence-corrected chi connectivity index (χ1v) is 10.1. The van der Waals surface area contributed by atoms with Crippen molar-refractivity contribution < 1.29 is 28.2 Å². The molecule has 3 rings (SSSR count). The zero-order valence-electron chi connectivity index (χ0n) is 16.9. The zero-order valence-corrected chi connectivity index (χ0v) is 18.5. The second-order valence-corrected chi connectivity index (χ2v) is 7.29. The molecule has 33 heavy (non-hydrogen) atoms. The molecular weight excluding hydrogens is 501 g/mol. The lowest BCUT2D eigenvalue weighted by atomic mass is 10.1. The highest BCUT2D eigenvalue weighted by molar-refractivity contribution is 9.10. The van der Waals surface area contributed by atoms with Crippen molar-refractivity contribution >= 4 is 61.8 Å². The average Bonchev–Trinajstić information content (AvgIpc) is 2.78. The molecule has 0 unspecified atom stereocenters. The Labute approximate surface area is 195 Å². The fourth-order valence-electron chi connectivity index (χ4n) is 2.66. The maximum atomic E-state index is 14.3. The molecule has 0 aliphatic rings. The molecule has 2 aromatic carbocycles. The molecule has 3 aromatic rings. The number of hydrogen-bond donors (Lipinski definition) is 3. The molecule has 0 saturated carbocycles. The van der Waals surface area contributed by atoms with Gasteiger partial charge in [-0.15, -0.1) is 0 Å². The Morgan fingerprint density at radius 3 is 2.64 bits per heavy atom. The Kier molecular flexibility index (Phi) is 7.51. The van der Waals surface area contributed by atoms with Gasteiger partial charge in [0.05, 0.1) is 16.9 Å². The summed E-state index contributed by atoms with van der Waals surface area (Å²) in [5, 5.41) is 5.98. The summed E-state index contributed by atoms with van der Waals surface area (Å²) < 4.78 is 25.1. The highest BCUT2D eigenvalue weighted by Crippen LogP contribution is 2.34. The minimum Gasteiger partial charge on any atom is -0.488 e. The largest absolute Gasteiger partial charge is 0.488 e. The number of aromatic nitrogens is 2. The molecular formula is C21H17BrFN5O5. The van der Waals surface area contributed by atoms with Crippen LogP contribution in [0.1, 0.15) is 0 Å². The topological polar surface area (TPSA) is 146 Å². The average molecular weight is 518 g/mol. The van der Waals surface area contributed by atoms with E-state index in [2.05, 4.69) is 47.8 Å². The van der Waals surface area contributed by atoms with Crippen LogP contribution in [0.4, 0.5) is 21.6 Å². The van der Waals surface area contributed by atoms with E-state index in [1.165, 1.54) is 18.5 Å². The molecule has 0 radical (unpaired) electrons. The number of carbonyl (C=O) groups is 3. The number of hydrogen-bond acceptors (Lipinski definition) is 8. The molecule has 0 spiro atoms. The molecule has 4 N–H and O–H groups in total. The quantitative estimate of drug-likeness (QED) is 0.179. The van der Waals surface area contributed by atoms with Crippen molar-refractivity contribution in [2.24, 2.45) is 5.73 Å². The number of carbonyl (C=O) groups excluding carboxylic acids is 3. The van der Waals surface area contributed by atoms with Crippen LogP contribution in [0.3, 0.4) is 0 Å². The predicted octanol–water partition coefficient (Wildman–Crippen LogP) is 2.81. The van der Waals surface area contributed by atoms with Crippen molar-refractivity contribution in [3.05, 3.63) is 59.6 Å². The van der Waals surface area contributed by atoms with E-state index < -0.39 is 23.6 Å². The van der Waals surface area contributed by atoms with Crippen LogP contribution in [-0.2, 0) is 19.1 Å². The van der Waals surface area contributed by atoms with Gasteiger partial charge in [-0.05, 0) is 30.3 Å². The number of halogens is 2. The number of amides is 2. The number of nitrogens with one attached hydrogen (secondary N) is 2. The van der Waals surface area contributed by atoms with Gasteiger partial charge in [-0.2, -0.15) is 0 Å². The number of nitrogens with two attached hydrogens (primary N) is 1. The molecule has 0 bridgehead atoms. The Balaban J connectivity index is 1.92. The monoisotopic (exact) mass is 517 g/mol. The first-order valence-electron chi connectivity index (χ1n) is 9.32. The molecule has 1 aromatic heterocycles. The Morgan fingerprint density at radius 2 is 1.94 bits per heavy atom. The molecule has 0 saturated heterocycles. The second-order valence-electron chi connectivity index (χ2n) is 6.38. The SMILES string of the molecule is C=CC(=O)Nc1cc2c(Nc3ccc(Br)cc3F)ncnc2cc1OCCOC(=O)C(N)=O. The van der Waals surface area contributed by atoms with Crippen LogP contribution in [0.25, 0.3) is 10.9 Å². The fraction of sp³-hybridized carbons (Fsp3) is 0.0952. The van der Waals surface area contributed by atoms with Gasteiger partial charge in [0, 0.05) is 15.9 Å². The number of nitrogens with zero attached hydrogens (tertiary/aromatic N) is 2. The van der Waals surface area contributed by atoms with E-state index in [1.54, 1.807) is 18.2 Å². The normalized spacial score (nSPS) is 10.4. The summed E-state index contributed by atoms with van der Waals surface area (Å²) in [5.74, 6) is -2.93. The van der Waals surface area contributed by atoms with Crippen molar-refractivity contribution in [2.45, 2.75) is 0 Å². The van der Waals surface area contributed by atoms with Gasteiger partial charge in [0.2, 0.25) is 5.91 Å². The summed E-state index contributed by atoms with van der Waals surface area (Å²) in [6.07, 6.45) is 2.35. The molecule has 0 aliphatic heterocycles. The highest BCUT2D eigenvalue weighted by Gasteiger charge is 2.15. The fourth-order valence-corrected chi connectivity index (χ4v) is 2.99. The third kappa shape index (κ3) is 6.01. The van der Waals surface area contributed by atoms with Gasteiger partial charge in [-0.25, -0.2) is 19.2 Å². The molecule has 2 amide bonds. The zero-order chi connectivity index (χ0) is 24.0. The van der Waals surface area contributed by atoms with E-state index >= 15 is 0 Å². The third-order valence-electron chi connectivity index (χ3n) is 4.14. The molecule has 0 aliphatic carbocycles. The van der Waals surface area contributed by atoms with Crippen LogP contribution in [0.5, 0.6) is 5.75 Å². The van der Waals surface area contributed by atoms with Gasteiger partial charge in [0.1, 0.15) is 36.9 Å². The molecule has 0 atom stereocenters. The van der Waals surface area contributed by atoms with Crippen molar-refractivity contribution in [1.82, 2.24) is 9.97 Å². The van der Waals surface area contributed by atoms with Gasteiger partial charge < -0.3 is 25.8 Å². The second kappa shape index (κ2) is 10.5. The summed E-state index contributed by atoms with van der Waals surface area (Å²) >= 11 is 3.20. The Hall–Kier alpha value is -4.06. The maximum absolute atomic E-state index is 14.3. The molecule has 12 heteroatoms. The number of rotatable bonds is 8. The van der Waals surface area contributed by atoms with E-state index in [9.17, 15) is 18.8 Å². The molecule has 0 fully saturated rings. The summed E-state index contributed by atoms with van der Waals surface area (Å²) in [6.45, 7) is 3.02. The lowest BCUT2D eigenvalue weighted by Crippen LogP contribution is -2.27. The van der Waals surface area contributed by atoms with Gasteiger partial charge in [0.15, 0.2) is 0 Å². The van der Waals surface area contributed by atoms with Crippen molar-refractivity contribution in [2.75, 3.05) is 23.8 Å². The molecule has 10 nitrogen and oxygen atoms in total. The Morgan fingerprint density at radius 1 is 1.15 bits per heavy atom. The van der Waals surface area contributed by atoms with E-state index in [1.807, 2.05) is 0 Å². The minimum atomic E-state index is -1.22. The minimum absolute atomic E-state index is 0.137. The van der Waals surface area contributed by atoms with Gasteiger partial charge in [-0.3, -0.25) is 9.59 Å². The smallest absolute Gasteiger partial charge is 0.396 e. The van der Waals surface area contributed by atoms with Crippen LogP contribution in [-0.4, -0.2) is 41.0 Å². The van der Waals surface area contributed by atoms with Gasteiger partial charge in [-0.1, -0.05) is 22.5 Å². The lowest BCUT2D eigenvalue weighted by Gasteiger charge is -2.15. The van der Waals surface area contributed by atoms with Gasteiger partial charge >= 0.3 is 11.9 Å². The van der Waals surface area contributed by atoms with Crippen LogP contribution < -0.4 is 21.1 Å². The number of primary amides is 1. The number of esters is 1. The summed E-state index contributed by atoms with van der Waals surface area (Å²) in [5.41, 5.74) is 5.66.